The lowest BCUT2D eigenvalue weighted by atomic mass is 9.90. The van der Waals surface area contributed by atoms with E-state index in [2.05, 4.69) is 47.2 Å². The molecule has 0 unspecified atom stereocenters. The fourth-order valence-electron chi connectivity index (χ4n) is 7.27. The molecule has 1 aromatic heterocycles. The molecule has 3 aromatic carbocycles. The molecule has 0 saturated carbocycles. The van der Waals surface area contributed by atoms with Crippen LogP contribution in [0.2, 0.25) is 0 Å². The van der Waals surface area contributed by atoms with E-state index in [1.54, 1.807) is 42.6 Å². The van der Waals surface area contributed by atoms with Crippen LogP contribution < -0.4 is 48.4 Å². The molecular formula is C47H50N10O11. The molecule has 21 heteroatoms. The van der Waals surface area contributed by atoms with Crippen molar-refractivity contribution in [3.05, 3.63) is 124 Å². The van der Waals surface area contributed by atoms with E-state index in [1.807, 2.05) is 0 Å². The molecule has 2 aliphatic rings. The number of nitrogens with two attached hydrogens (primary N) is 1. The highest BCUT2D eigenvalue weighted by molar-refractivity contribution is 6.08. The van der Waals surface area contributed by atoms with E-state index in [1.165, 1.54) is 61.8 Å². The first-order chi connectivity index (χ1) is 32.7. The molecule has 1 aliphatic carbocycles. The van der Waals surface area contributed by atoms with Crippen LogP contribution in [0.4, 0.5) is 10.5 Å². The Labute approximate surface area is 388 Å². The van der Waals surface area contributed by atoms with Crippen LogP contribution in [0.3, 0.4) is 0 Å². The molecule has 0 fully saturated rings. The van der Waals surface area contributed by atoms with Gasteiger partial charge in [-0.2, -0.15) is 0 Å². The second-order valence-electron chi connectivity index (χ2n) is 15.6. The maximum Gasteiger partial charge on any atom is 0.336 e. The third-order valence-corrected chi connectivity index (χ3v) is 10.7. The first-order valence-corrected chi connectivity index (χ1v) is 21.4. The second-order valence-corrected chi connectivity index (χ2v) is 15.6. The third kappa shape index (κ3) is 13.3. The van der Waals surface area contributed by atoms with Gasteiger partial charge in [-0.25, -0.2) is 14.6 Å². The lowest BCUT2D eigenvalue weighted by molar-refractivity contribution is -0.132. The summed E-state index contributed by atoms with van der Waals surface area (Å²) in [7, 11) is 1.43. The summed E-state index contributed by atoms with van der Waals surface area (Å²) in [5.41, 5.74) is 7.91. The van der Waals surface area contributed by atoms with Crippen LogP contribution in [0, 0.1) is 0 Å². The number of benzene rings is 4. The number of nitrogens with zero attached hydrogens (tertiary/aromatic N) is 1. The number of imidazole rings is 1. The van der Waals surface area contributed by atoms with Gasteiger partial charge in [-0.15, -0.1) is 0 Å². The number of fused-ring (bicyclic) bond motifs is 2. The van der Waals surface area contributed by atoms with Gasteiger partial charge in [-0.1, -0.05) is 36.4 Å². The molecule has 21 nitrogen and oxygen atoms in total. The summed E-state index contributed by atoms with van der Waals surface area (Å²) in [5.74, 6) is -3.82. The molecule has 6 rings (SSSR count). The Balaban J connectivity index is 0.927. The standard InChI is InChI=1S/C47H50N10O11/c1-49-44(63)36(23-39-50-17-18-51-39)57-45(64)35(19-26-7-3-2-4-8-26)56-41(61)25-53-40(60)24-54-43(62)34(48)9-5-6-16-52-47(67)55-27-10-13-30(33(20-27)46(65)66)42-31-14-11-28(58)21-37(31)68-38-22-29(59)12-15-32(38)42/h2-4,7-8,10-15,17-18,20-22,34-36,58H,5-6,9,16,19,23-25,48H2,1H3,(H,49,63)(H,50,51)(H,53,60)(H,54,62)(H,56,61)(H,57,64)(H,65,66)(H2,52,55,67)/t34-,35+,36+/m1/s1. The molecule has 12 N–H and O–H groups in total. The number of likely N-dealkylation sites (N-methyl/N-ethyl adjacent to an activating group) is 1. The number of carboxylic acids is 1. The van der Waals surface area contributed by atoms with E-state index in [-0.39, 0.29) is 65.1 Å². The van der Waals surface area contributed by atoms with Gasteiger partial charge in [0.05, 0.1) is 24.7 Å². The number of aromatic amines is 1. The van der Waals surface area contributed by atoms with Gasteiger partial charge in [0.25, 0.3) is 0 Å². The molecule has 2 heterocycles. The first kappa shape index (κ1) is 48.9. The highest BCUT2D eigenvalue weighted by atomic mass is 16.4. The molecule has 7 amide bonds. The number of anilines is 1. The Kier molecular flexibility index (Phi) is 16.6. The lowest BCUT2D eigenvalue weighted by Gasteiger charge is -2.22. The average molecular weight is 931 g/mol. The predicted octanol–water partition coefficient (Wildman–Crippen LogP) is 1.74. The van der Waals surface area contributed by atoms with Gasteiger partial charge in [0.15, 0.2) is 5.43 Å². The Morgan fingerprint density at radius 2 is 1.53 bits per heavy atom. The maximum atomic E-state index is 13.4. The van der Waals surface area contributed by atoms with Crippen LogP contribution in [0.15, 0.2) is 107 Å². The number of H-pyrrole nitrogens is 1. The van der Waals surface area contributed by atoms with Crippen LogP contribution in [0.25, 0.3) is 33.4 Å². The minimum absolute atomic E-state index is 0.0663. The number of hydrogen-bond donors (Lipinski definition) is 11. The zero-order chi connectivity index (χ0) is 48.7. The Morgan fingerprint density at radius 1 is 0.779 bits per heavy atom. The van der Waals surface area contributed by atoms with Crippen molar-refractivity contribution >= 4 is 58.2 Å². The number of hydrogen-bond acceptors (Lipinski definition) is 12. The van der Waals surface area contributed by atoms with Crippen molar-refractivity contribution in [1.82, 2.24) is 41.9 Å². The van der Waals surface area contributed by atoms with Gasteiger partial charge in [-0.3, -0.25) is 28.8 Å². The molecule has 68 heavy (non-hydrogen) atoms. The molecule has 0 saturated heterocycles. The number of phenolic OH excluding ortho intramolecular Hbond substituents is 1. The van der Waals surface area contributed by atoms with Crippen molar-refractivity contribution in [3.63, 3.8) is 0 Å². The maximum absolute atomic E-state index is 13.4. The Morgan fingerprint density at radius 3 is 2.26 bits per heavy atom. The van der Waals surface area contributed by atoms with Gasteiger partial charge in [0, 0.05) is 73.2 Å². The van der Waals surface area contributed by atoms with Crippen molar-refractivity contribution < 1.29 is 48.2 Å². The number of unbranched alkanes of at least 4 members (excludes halogenated alkanes) is 1. The Bertz CT molecular complexity index is 2820. The number of phenols is 1. The van der Waals surface area contributed by atoms with Crippen LogP contribution in [-0.2, 0) is 36.8 Å². The van der Waals surface area contributed by atoms with Crippen molar-refractivity contribution in [3.8, 4) is 28.2 Å². The quantitative estimate of drug-likeness (QED) is 0.0363. The van der Waals surface area contributed by atoms with Crippen LogP contribution in [-0.4, -0.2) is 107 Å². The van der Waals surface area contributed by atoms with E-state index in [0.29, 0.717) is 35.2 Å². The number of nitrogens with one attached hydrogen (secondary N) is 8. The van der Waals surface area contributed by atoms with E-state index in [4.69, 9.17) is 10.2 Å². The molecule has 0 bridgehead atoms. The summed E-state index contributed by atoms with van der Waals surface area (Å²) in [4.78, 5) is 109. The van der Waals surface area contributed by atoms with E-state index in [9.17, 15) is 48.6 Å². The van der Waals surface area contributed by atoms with Crippen molar-refractivity contribution in [2.75, 3.05) is 32.0 Å². The zero-order valence-electron chi connectivity index (χ0n) is 36.7. The van der Waals surface area contributed by atoms with E-state index in [0.717, 1.165) is 5.56 Å². The summed E-state index contributed by atoms with van der Waals surface area (Å²) in [6, 6.07) is 18.0. The number of aromatic nitrogens is 2. The number of rotatable bonds is 21. The SMILES string of the molecule is CNC(=O)[C@H](Cc1ncc[nH]1)NC(=O)[C@H](Cc1ccccc1)NC(=O)CNC(=O)CNC(=O)[C@H](N)CCCCNC(=O)Nc1ccc(-c2c3ccc(=O)cc-3oc3cc(O)ccc23)c(C(=O)O)c1. The summed E-state index contributed by atoms with van der Waals surface area (Å²) in [6.45, 7) is -0.821. The largest absolute Gasteiger partial charge is 0.508 e. The molecule has 0 radical (unpaired) electrons. The Hall–Kier alpha value is -8.59. The average Bonchev–Trinajstić information content (AvgIpc) is 3.84. The second kappa shape index (κ2) is 23.0. The summed E-state index contributed by atoms with van der Waals surface area (Å²) in [5, 5.41) is 38.7. The monoisotopic (exact) mass is 930 g/mol. The molecule has 3 atom stereocenters. The number of urea groups is 1. The van der Waals surface area contributed by atoms with Gasteiger partial charge in [-0.05, 0) is 66.8 Å². The molecule has 354 valence electrons. The van der Waals surface area contributed by atoms with E-state index >= 15 is 0 Å². The smallest absolute Gasteiger partial charge is 0.336 e. The minimum atomic E-state index is -1.28. The highest BCUT2D eigenvalue weighted by Crippen LogP contribution is 2.42. The van der Waals surface area contributed by atoms with Gasteiger partial charge in [0.1, 0.15) is 35.0 Å². The summed E-state index contributed by atoms with van der Waals surface area (Å²) >= 11 is 0. The molecule has 0 spiro atoms. The molecule has 1 aliphatic heterocycles. The number of aromatic hydroxyl groups is 1. The molecular weight excluding hydrogens is 881 g/mol. The minimum Gasteiger partial charge on any atom is -0.508 e. The van der Waals surface area contributed by atoms with Crippen molar-refractivity contribution in [2.24, 2.45) is 5.73 Å². The van der Waals surface area contributed by atoms with Gasteiger partial charge < -0.3 is 62.6 Å². The number of carbonyl (C=O) groups excluding carboxylic acids is 6. The fourth-order valence-corrected chi connectivity index (χ4v) is 7.27. The van der Waals surface area contributed by atoms with Crippen LogP contribution >= 0.6 is 0 Å². The first-order valence-electron chi connectivity index (χ1n) is 21.4. The normalized spacial score (nSPS) is 12.3. The summed E-state index contributed by atoms with van der Waals surface area (Å²) in [6.07, 6.45) is 4.29. The van der Waals surface area contributed by atoms with E-state index < -0.39 is 72.8 Å². The molecule has 4 aromatic rings. The number of carbonyl (C=O) groups is 7. The predicted molar refractivity (Wildman–Crippen MR) is 248 cm³/mol. The number of carboxylic acid groups (broad SMARTS) is 1. The van der Waals surface area contributed by atoms with Crippen LogP contribution in [0.5, 0.6) is 5.75 Å². The summed E-state index contributed by atoms with van der Waals surface area (Å²) < 4.78 is 5.87. The van der Waals surface area contributed by atoms with Gasteiger partial charge >= 0.3 is 12.0 Å². The number of amides is 7. The number of aromatic carboxylic acids is 1. The van der Waals surface area contributed by atoms with Gasteiger partial charge in [0.2, 0.25) is 29.5 Å². The fraction of sp³-hybridized carbons (Fsp3) is 0.255. The van der Waals surface area contributed by atoms with Crippen LogP contribution in [0.1, 0.15) is 41.0 Å². The lowest BCUT2D eigenvalue weighted by Crippen LogP contribution is -2.56. The topological polar surface area (TPSA) is 329 Å². The van der Waals surface area contributed by atoms with Crippen molar-refractivity contribution in [1.29, 1.82) is 0 Å². The third-order valence-electron chi connectivity index (χ3n) is 10.7. The van der Waals surface area contributed by atoms with Crippen molar-refractivity contribution in [2.45, 2.75) is 50.2 Å². The highest BCUT2D eigenvalue weighted by Gasteiger charge is 2.28. The zero-order valence-corrected chi connectivity index (χ0v) is 36.7.